The van der Waals surface area contributed by atoms with Gasteiger partial charge in [0.15, 0.2) is 0 Å². The zero-order chi connectivity index (χ0) is 16.6. The number of carbonyl (C=O) groups excluding carboxylic acids is 1. The van der Waals surface area contributed by atoms with Crippen molar-refractivity contribution in [1.29, 1.82) is 0 Å². The van der Waals surface area contributed by atoms with Crippen molar-refractivity contribution in [3.8, 4) is 5.75 Å². The van der Waals surface area contributed by atoms with Gasteiger partial charge < -0.3 is 14.8 Å². The van der Waals surface area contributed by atoms with E-state index in [0.717, 1.165) is 29.7 Å². The van der Waals surface area contributed by atoms with Crippen LogP contribution in [-0.2, 0) is 11.2 Å². The molecule has 0 aliphatic rings. The molecule has 0 aliphatic carbocycles. The standard InChI is InChI=1S/C17H24ClNO3/c1-17(2,3)22-16(20)19-12-14(11-18)9-8-13-6-5-7-15(10-13)21-4/h5-7,10-11H,8-9,12H2,1-4H3,(H,19,20)/b14-11+. The first-order chi connectivity index (χ1) is 10.3. The van der Waals surface area contributed by atoms with Gasteiger partial charge in [-0.15, -0.1) is 0 Å². The van der Waals surface area contributed by atoms with Gasteiger partial charge >= 0.3 is 6.09 Å². The van der Waals surface area contributed by atoms with E-state index in [9.17, 15) is 4.79 Å². The molecule has 122 valence electrons. The number of amides is 1. The number of hydrogen-bond acceptors (Lipinski definition) is 3. The number of benzene rings is 1. The third kappa shape index (κ3) is 7.36. The van der Waals surface area contributed by atoms with E-state index in [0.29, 0.717) is 6.54 Å². The highest BCUT2D eigenvalue weighted by Crippen LogP contribution is 2.16. The van der Waals surface area contributed by atoms with E-state index in [2.05, 4.69) is 5.32 Å². The number of hydrogen-bond donors (Lipinski definition) is 1. The fraction of sp³-hybridized carbons (Fsp3) is 0.471. The number of alkyl carbamates (subject to hydrolysis) is 1. The van der Waals surface area contributed by atoms with Crippen LogP contribution in [-0.4, -0.2) is 25.3 Å². The molecule has 0 fully saturated rings. The first kappa shape index (κ1) is 18.4. The van der Waals surface area contributed by atoms with Crippen LogP contribution in [0, 0.1) is 0 Å². The molecule has 0 atom stereocenters. The summed E-state index contributed by atoms with van der Waals surface area (Å²) < 4.78 is 10.4. The van der Waals surface area contributed by atoms with Crippen LogP contribution in [0.5, 0.6) is 5.75 Å². The lowest BCUT2D eigenvalue weighted by Crippen LogP contribution is -2.33. The molecule has 1 rings (SSSR count). The van der Waals surface area contributed by atoms with E-state index in [1.165, 1.54) is 5.54 Å². The number of ether oxygens (including phenoxy) is 2. The first-order valence-electron chi connectivity index (χ1n) is 7.22. The van der Waals surface area contributed by atoms with Crippen molar-refractivity contribution in [3.63, 3.8) is 0 Å². The third-order valence-electron chi connectivity index (χ3n) is 2.88. The van der Waals surface area contributed by atoms with E-state index in [1.807, 2.05) is 45.0 Å². The number of nitrogens with one attached hydrogen (secondary N) is 1. The average molecular weight is 326 g/mol. The van der Waals surface area contributed by atoms with Crippen LogP contribution < -0.4 is 10.1 Å². The first-order valence-corrected chi connectivity index (χ1v) is 7.65. The molecule has 0 aromatic heterocycles. The maximum atomic E-state index is 11.6. The molecule has 22 heavy (non-hydrogen) atoms. The van der Waals surface area contributed by atoms with Crippen LogP contribution in [0.2, 0.25) is 0 Å². The average Bonchev–Trinajstić information content (AvgIpc) is 2.46. The largest absolute Gasteiger partial charge is 0.497 e. The predicted molar refractivity (Wildman–Crippen MR) is 89.5 cm³/mol. The highest BCUT2D eigenvalue weighted by molar-refractivity contribution is 6.25. The Morgan fingerprint density at radius 2 is 2.09 bits per heavy atom. The van der Waals surface area contributed by atoms with Crippen molar-refractivity contribution >= 4 is 17.7 Å². The summed E-state index contributed by atoms with van der Waals surface area (Å²) in [7, 11) is 1.65. The fourth-order valence-electron chi connectivity index (χ4n) is 1.81. The third-order valence-corrected chi connectivity index (χ3v) is 3.19. The molecule has 0 bridgehead atoms. The quantitative estimate of drug-likeness (QED) is 0.849. The number of carbonyl (C=O) groups is 1. The molecule has 0 saturated heterocycles. The highest BCUT2D eigenvalue weighted by atomic mass is 35.5. The lowest BCUT2D eigenvalue weighted by molar-refractivity contribution is 0.0532. The fourth-order valence-corrected chi connectivity index (χ4v) is 2.00. The SMILES string of the molecule is COc1cccc(CC/C(=C\Cl)CNC(=O)OC(C)(C)C)c1. The summed E-state index contributed by atoms with van der Waals surface area (Å²) in [4.78, 5) is 11.6. The Morgan fingerprint density at radius 3 is 2.68 bits per heavy atom. The summed E-state index contributed by atoms with van der Waals surface area (Å²) in [5.74, 6) is 0.834. The van der Waals surface area contributed by atoms with Crippen LogP contribution in [0.3, 0.4) is 0 Å². The Bertz CT molecular complexity index is 521. The Kier molecular flexibility index (Phi) is 7.25. The van der Waals surface area contributed by atoms with Gasteiger partial charge in [-0.05, 0) is 56.9 Å². The molecular weight excluding hydrogens is 302 g/mol. The van der Waals surface area contributed by atoms with Gasteiger partial charge in [-0.1, -0.05) is 23.7 Å². The zero-order valence-corrected chi connectivity index (χ0v) is 14.4. The predicted octanol–water partition coefficient (Wildman–Crippen LogP) is 4.28. The van der Waals surface area contributed by atoms with Crippen molar-refractivity contribution in [2.24, 2.45) is 0 Å². The monoisotopic (exact) mass is 325 g/mol. The summed E-state index contributed by atoms with van der Waals surface area (Å²) in [6.07, 6.45) is 1.14. The molecule has 5 heteroatoms. The number of aryl methyl sites for hydroxylation is 1. The molecular formula is C17H24ClNO3. The minimum atomic E-state index is -0.504. The minimum Gasteiger partial charge on any atom is -0.497 e. The van der Waals surface area contributed by atoms with Crippen LogP contribution in [0.25, 0.3) is 0 Å². The summed E-state index contributed by atoms with van der Waals surface area (Å²) in [6.45, 7) is 5.86. The number of methoxy groups -OCH3 is 1. The number of halogens is 1. The Balaban J connectivity index is 2.44. The maximum Gasteiger partial charge on any atom is 0.407 e. The van der Waals surface area contributed by atoms with Crippen molar-refractivity contribution in [2.75, 3.05) is 13.7 Å². The lowest BCUT2D eigenvalue weighted by atomic mass is 10.1. The molecule has 0 radical (unpaired) electrons. The number of rotatable bonds is 6. The summed E-state index contributed by atoms with van der Waals surface area (Å²) in [5.41, 5.74) is 3.11. The highest BCUT2D eigenvalue weighted by Gasteiger charge is 2.15. The van der Waals surface area contributed by atoms with Gasteiger partial charge in [-0.3, -0.25) is 0 Å². The smallest absolute Gasteiger partial charge is 0.407 e. The van der Waals surface area contributed by atoms with E-state index in [1.54, 1.807) is 7.11 Å². The molecule has 0 saturated carbocycles. The van der Waals surface area contributed by atoms with Crippen molar-refractivity contribution in [3.05, 3.63) is 40.9 Å². The van der Waals surface area contributed by atoms with Crippen molar-refractivity contribution in [1.82, 2.24) is 5.32 Å². The molecule has 1 N–H and O–H groups in total. The van der Waals surface area contributed by atoms with E-state index in [4.69, 9.17) is 21.1 Å². The summed E-state index contributed by atoms with van der Waals surface area (Å²) in [6, 6.07) is 7.89. The lowest BCUT2D eigenvalue weighted by Gasteiger charge is -2.20. The topological polar surface area (TPSA) is 47.6 Å². The van der Waals surface area contributed by atoms with Crippen LogP contribution in [0.1, 0.15) is 32.8 Å². The molecule has 1 aromatic rings. The normalized spacial score (nSPS) is 12.0. The summed E-state index contributed by atoms with van der Waals surface area (Å²) in [5, 5.41) is 2.71. The van der Waals surface area contributed by atoms with Crippen molar-refractivity contribution < 1.29 is 14.3 Å². The van der Waals surface area contributed by atoms with Gasteiger partial charge in [-0.2, -0.15) is 0 Å². The second-order valence-corrected chi connectivity index (χ2v) is 6.19. The summed E-state index contributed by atoms with van der Waals surface area (Å²) >= 11 is 5.83. The van der Waals surface area contributed by atoms with Gasteiger partial charge in [0.25, 0.3) is 0 Å². The van der Waals surface area contributed by atoms with Gasteiger partial charge in [0, 0.05) is 12.1 Å². The molecule has 1 amide bonds. The molecule has 1 aromatic carbocycles. The van der Waals surface area contributed by atoms with E-state index in [-0.39, 0.29) is 0 Å². The molecule has 0 unspecified atom stereocenters. The molecule has 0 spiro atoms. The van der Waals surface area contributed by atoms with Gasteiger partial charge in [0.2, 0.25) is 0 Å². The Morgan fingerprint density at radius 1 is 1.36 bits per heavy atom. The molecule has 0 aliphatic heterocycles. The molecule has 4 nitrogen and oxygen atoms in total. The van der Waals surface area contributed by atoms with E-state index >= 15 is 0 Å². The van der Waals surface area contributed by atoms with E-state index < -0.39 is 11.7 Å². The Labute approximate surface area is 137 Å². The zero-order valence-electron chi connectivity index (χ0n) is 13.6. The van der Waals surface area contributed by atoms with Gasteiger partial charge in [-0.25, -0.2) is 4.79 Å². The maximum absolute atomic E-state index is 11.6. The molecule has 0 heterocycles. The minimum absolute atomic E-state index is 0.377. The van der Waals surface area contributed by atoms with Crippen LogP contribution in [0.4, 0.5) is 4.79 Å². The Hall–Kier alpha value is -1.68. The second kappa shape index (κ2) is 8.69. The second-order valence-electron chi connectivity index (χ2n) is 5.97. The van der Waals surface area contributed by atoms with Gasteiger partial charge in [0.1, 0.15) is 11.4 Å². The van der Waals surface area contributed by atoms with Gasteiger partial charge in [0.05, 0.1) is 7.11 Å². The van der Waals surface area contributed by atoms with Crippen LogP contribution in [0.15, 0.2) is 35.4 Å². The van der Waals surface area contributed by atoms with Crippen LogP contribution >= 0.6 is 11.6 Å². The van der Waals surface area contributed by atoms with Crippen molar-refractivity contribution in [2.45, 2.75) is 39.2 Å².